The van der Waals surface area contributed by atoms with Crippen LogP contribution >= 0.6 is 0 Å². The molecule has 1 amide bonds. The summed E-state index contributed by atoms with van der Waals surface area (Å²) in [7, 11) is -1.34. The Bertz CT molecular complexity index is 998. The highest BCUT2D eigenvalue weighted by Crippen LogP contribution is 2.27. The van der Waals surface area contributed by atoms with Crippen molar-refractivity contribution in [2.45, 2.75) is 39.8 Å². The first-order chi connectivity index (χ1) is 12.6. The van der Waals surface area contributed by atoms with Gasteiger partial charge in [-0.25, -0.2) is 12.8 Å². The quantitative estimate of drug-likeness (QED) is 0.800. The summed E-state index contributed by atoms with van der Waals surface area (Å²) in [6.45, 7) is 5.72. The number of amides is 1. The van der Waals surface area contributed by atoms with Gasteiger partial charge in [0.15, 0.2) is 9.84 Å². The number of hydrogen-bond acceptors (Lipinski definition) is 4. The van der Waals surface area contributed by atoms with Gasteiger partial charge in [0, 0.05) is 30.4 Å². The van der Waals surface area contributed by atoms with Gasteiger partial charge in [-0.1, -0.05) is 6.07 Å². The zero-order chi connectivity index (χ0) is 19.9. The lowest BCUT2D eigenvalue weighted by molar-refractivity contribution is 0.0784. The molecule has 3 rings (SSSR count). The van der Waals surface area contributed by atoms with Crippen molar-refractivity contribution < 1.29 is 17.6 Å². The number of nitrogens with zero attached hydrogens (tertiary/aromatic N) is 3. The minimum Gasteiger partial charge on any atom is -0.337 e. The van der Waals surface area contributed by atoms with Crippen molar-refractivity contribution in [3.05, 3.63) is 52.1 Å². The van der Waals surface area contributed by atoms with Crippen LogP contribution in [0.1, 0.15) is 45.3 Å². The van der Waals surface area contributed by atoms with Crippen LogP contribution in [0.15, 0.2) is 18.2 Å². The first kappa shape index (κ1) is 19.5. The van der Waals surface area contributed by atoms with E-state index in [0.29, 0.717) is 24.1 Å². The predicted molar refractivity (Wildman–Crippen MR) is 101 cm³/mol. The maximum absolute atomic E-state index is 13.8. The minimum atomic E-state index is -3.01. The van der Waals surface area contributed by atoms with Gasteiger partial charge in [-0.3, -0.25) is 9.48 Å². The van der Waals surface area contributed by atoms with Gasteiger partial charge in [0.1, 0.15) is 5.82 Å². The largest absolute Gasteiger partial charge is 0.337 e. The Balaban J connectivity index is 1.81. The van der Waals surface area contributed by atoms with E-state index < -0.39 is 15.7 Å². The van der Waals surface area contributed by atoms with E-state index in [4.69, 9.17) is 0 Å². The van der Waals surface area contributed by atoms with E-state index in [1.807, 2.05) is 13.8 Å². The molecule has 0 bridgehead atoms. The second kappa shape index (κ2) is 7.07. The van der Waals surface area contributed by atoms with E-state index in [2.05, 4.69) is 5.10 Å². The number of aryl methyl sites for hydroxylation is 2. The molecule has 0 radical (unpaired) electrons. The van der Waals surface area contributed by atoms with Crippen molar-refractivity contribution in [2.75, 3.05) is 18.6 Å². The van der Waals surface area contributed by atoms with Crippen molar-refractivity contribution >= 4 is 15.7 Å². The van der Waals surface area contributed by atoms with Gasteiger partial charge in [-0.15, -0.1) is 0 Å². The Morgan fingerprint density at radius 2 is 2.04 bits per heavy atom. The molecular weight excluding hydrogens is 369 g/mol. The number of halogens is 1. The highest BCUT2D eigenvalue weighted by Gasteiger charge is 2.31. The summed E-state index contributed by atoms with van der Waals surface area (Å²) in [6, 6.07) is 4.30. The monoisotopic (exact) mass is 393 g/mol. The smallest absolute Gasteiger partial charge is 0.254 e. The fourth-order valence-corrected chi connectivity index (χ4v) is 5.20. The average molecular weight is 393 g/mol. The maximum Gasteiger partial charge on any atom is 0.254 e. The first-order valence-corrected chi connectivity index (χ1v) is 10.7. The van der Waals surface area contributed by atoms with Crippen LogP contribution < -0.4 is 0 Å². The Hall–Kier alpha value is -2.22. The van der Waals surface area contributed by atoms with Crippen molar-refractivity contribution in [3.8, 4) is 0 Å². The van der Waals surface area contributed by atoms with Crippen LogP contribution in [0.5, 0.6) is 0 Å². The minimum absolute atomic E-state index is 0.103. The Morgan fingerprint density at radius 1 is 1.33 bits per heavy atom. The zero-order valence-corrected chi connectivity index (χ0v) is 16.8. The summed E-state index contributed by atoms with van der Waals surface area (Å²) in [4.78, 5) is 14.2. The van der Waals surface area contributed by atoms with E-state index in [1.54, 1.807) is 30.8 Å². The van der Waals surface area contributed by atoms with Crippen molar-refractivity contribution in [1.82, 2.24) is 14.7 Å². The number of rotatable bonds is 4. The molecule has 2 aromatic rings. The van der Waals surface area contributed by atoms with Crippen LogP contribution in [0.2, 0.25) is 0 Å². The Kier molecular flexibility index (Phi) is 5.12. The standard InChI is InChI=1S/C19H24FN3O3S/c1-12-5-6-15(9-18(12)20)19(24)22(4)10-17-13(2)21-23(14(17)3)16-7-8-27(25,26)11-16/h5-6,9,16H,7-8,10-11H2,1-4H3/t16-/m1/s1. The van der Waals surface area contributed by atoms with Gasteiger partial charge in [-0.2, -0.15) is 5.10 Å². The van der Waals surface area contributed by atoms with Crippen LogP contribution in [0.25, 0.3) is 0 Å². The molecule has 2 heterocycles. The SMILES string of the molecule is Cc1ccc(C(=O)N(C)Cc2c(C)nn([C@@H]3CCS(=O)(=O)C3)c2C)cc1F. The van der Waals surface area contributed by atoms with E-state index in [1.165, 1.54) is 11.0 Å². The highest BCUT2D eigenvalue weighted by atomic mass is 32.2. The number of carbonyl (C=O) groups excluding carboxylic acids is 1. The van der Waals surface area contributed by atoms with E-state index in [9.17, 15) is 17.6 Å². The topological polar surface area (TPSA) is 72.3 Å². The third kappa shape index (κ3) is 3.90. The van der Waals surface area contributed by atoms with Crippen LogP contribution in [-0.4, -0.2) is 47.6 Å². The van der Waals surface area contributed by atoms with Gasteiger partial charge in [0.05, 0.1) is 23.2 Å². The molecule has 27 heavy (non-hydrogen) atoms. The Labute approximate surface area is 158 Å². The normalized spacial score (nSPS) is 18.6. The molecule has 1 aliphatic heterocycles. The zero-order valence-electron chi connectivity index (χ0n) is 16.0. The molecule has 146 valence electrons. The molecular formula is C19H24FN3O3S. The molecule has 0 N–H and O–H groups in total. The molecule has 1 aliphatic rings. The van der Waals surface area contributed by atoms with Gasteiger partial charge in [0.2, 0.25) is 0 Å². The summed E-state index contributed by atoms with van der Waals surface area (Å²) >= 11 is 0. The molecule has 0 aliphatic carbocycles. The molecule has 8 heteroatoms. The summed E-state index contributed by atoms with van der Waals surface area (Å²) in [6.07, 6.45) is 0.557. The van der Waals surface area contributed by atoms with E-state index in [0.717, 1.165) is 17.0 Å². The van der Waals surface area contributed by atoms with Crippen molar-refractivity contribution in [3.63, 3.8) is 0 Å². The van der Waals surface area contributed by atoms with Gasteiger partial charge >= 0.3 is 0 Å². The molecule has 6 nitrogen and oxygen atoms in total. The average Bonchev–Trinajstić information content (AvgIpc) is 3.10. The molecule has 0 spiro atoms. The number of sulfone groups is 1. The Morgan fingerprint density at radius 3 is 2.63 bits per heavy atom. The maximum atomic E-state index is 13.8. The highest BCUT2D eigenvalue weighted by molar-refractivity contribution is 7.91. The second-order valence-corrected chi connectivity index (χ2v) is 9.50. The first-order valence-electron chi connectivity index (χ1n) is 8.85. The van der Waals surface area contributed by atoms with Gasteiger partial charge in [0.25, 0.3) is 5.91 Å². The van der Waals surface area contributed by atoms with Crippen LogP contribution in [0.3, 0.4) is 0 Å². The number of hydrogen-bond donors (Lipinski definition) is 0. The summed E-state index contributed by atoms with van der Waals surface area (Å²) in [5.74, 6) is -0.394. The molecule has 1 fully saturated rings. The van der Waals surface area contributed by atoms with Gasteiger partial charge < -0.3 is 4.90 Å². The second-order valence-electron chi connectivity index (χ2n) is 7.28. The number of aromatic nitrogens is 2. The summed E-state index contributed by atoms with van der Waals surface area (Å²) in [5.41, 5.74) is 3.32. The van der Waals surface area contributed by atoms with Crippen LogP contribution in [0, 0.1) is 26.6 Å². The van der Waals surface area contributed by atoms with Crippen molar-refractivity contribution in [2.24, 2.45) is 0 Å². The third-order valence-electron chi connectivity index (χ3n) is 5.19. The lowest BCUT2D eigenvalue weighted by Gasteiger charge is -2.18. The predicted octanol–water partition coefficient (Wildman–Crippen LogP) is 2.58. The third-order valence-corrected chi connectivity index (χ3v) is 6.94. The molecule has 1 saturated heterocycles. The van der Waals surface area contributed by atoms with Crippen LogP contribution in [0.4, 0.5) is 4.39 Å². The number of benzene rings is 1. The van der Waals surface area contributed by atoms with Gasteiger partial charge in [-0.05, 0) is 44.9 Å². The lowest BCUT2D eigenvalue weighted by Crippen LogP contribution is -2.27. The molecule has 0 unspecified atom stereocenters. The summed E-state index contributed by atoms with van der Waals surface area (Å²) < 4.78 is 39.1. The fraction of sp³-hybridized carbons (Fsp3) is 0.474. The van der Waals surface area contributed by atoms with E-state index >= 15 is 0 Å². The van der Waals surface area contributed by atoms with Crippen molar-refractivity contribution in [1.29, 1.82) is 0 Å². The number of carbonyl (C=O) groups is 1. The van der Waals surface area contributed by atoms with E-state index in [-0.39, 0.29) is 23.5 Å². The molecule has 0 saturated carbocycles. The molecule has 1 atom stereocenters. The molecule has 1 aromatic heterocycles. The molecule has 1 aromatic carbocycles. The fourth-order valence-electron chi connectivity index (χ4n) is 3.50. The summed E-state index contributed by atoms with van der Waals surface area (Å²) in [5, 5.41) is 4.52. The van der Waals surface area contributed by atoms with Crippen LogP contribution in [-0.2, 0) is 16.4 Å². The lowest BCUT2D eigenvalue weighted by atomic mass is 10.1.